The molecule has 1 rings (SSSR count). The van der Waals surface area contributed by atoms with E-state index in [0.717, 1.165) is 6.07 Å². The zero-order valence-corrected chi connectivity index (χ0v) is 13.2. The second-order valence-corrected chi connectivity index (χ2v) is 8.11. The topological polar surface area (TPSA) is 19.9 Å². The van der Waals surface area contributed by atoms with Gasteiger partial charge in [0, 0.05) is 0 Å². The second kappa shape index (κ2) is 5.20. The van der Waals surface area contributed by atoms with Gasteiger partial charge in [0.05, 0.1) is 0 Å². The minimum Gasteiger partial charge on any atom is -0.290 e. The van der Waals surface area contributed by atoms with Gasteiger partial charge in [-0.15, -0.1) is 0 Å². The lowest BCUT2D eigenvalue weighted by molar-refractivity contribution is 0.354. The lowest BCUT2D eigenvalue weighted by Gasteiger charge is -2.37. The first-order chi connectivity index (χ1) is 7.50. The van der Waals surface area contributed by atoms with E-state index in [0.29, 0.717) is 0 Å². The number of rotatable bonds is 2. The van der Waals surface area contributed by atoms with E-state index in [1.165, 1.54) is 18.2 Å². The molecule has 0 heterocycles. The third kappa shape index (κ3) is 3.14. The summed E-state index contributed by atoms with van der Waals surface area (Å²) < 4.78 is -6.23. The Bertz CT molecular complexity index is 410. The third-order valence-electron chi connectivity index (χ3n) is 1.95. The molecule has 0 spiro atoms. The summed E-state index contributed by atoms with van der Waals surface area (Å²) in [4.78, 5) is 0. The van der Waals surface area contributed by atoms with Gasteiger partial charge in [-0.1, -0.05) is 93.3 Å². The lowest BCUT2D eigenvalue weighted by Crippen LogP contribution is -2.45. The van der Waals surface area contributed by atoms with E-state index in [4.69, 9.17) is 81.2 Å². The summed E-state index contributed by atoms with van der Waals surface area (Å²) in [6, 6.07) is 5.37. The largest absolute Gasteiger partial charge is 0.290 e. The monoisotopic (exact) mass is 373 g/mol. The minimum absolute atomic E-state index is 0.143. The lowest BCUT2D eigenvalue weighted by atomic mass is 10.1. The molecular formula is C9H4Cl7O. The van der Waals surface area contributed by atoms with Gasteiger partial charge in [-0.2, -0.15) is 0 Å². The van der Waals surface area contributed by atoms with Gasteiger partial charge in [0.1, 0.15) is 0 Å². The maximum absolute atomic E-state index is 11.2. The van der Waals surface area contributed by atoms with E-state index in [2.05, 4.69) is 0 Å². The summed E-state index contributed by atoms with van der Waals surface area (Å²) in [5.41, 5.74) is 0.143. The van der Waals surface area contributed by atoms with Gasteiger partial charge in [-0.3, -0.25) is 5.11 Å². The molecule has 0 saturated heterocycles. The van der Waals surface area contributed by atoms with Crippen molar-refractivity contribution in [2.24, 2.45) is 0 Å². The van der Waals surface area contributed by atoms with Crippen molar-refractivity contribution >= 4 is 81.2 Å². The van der Waals surface area contributed by atoms with Gasteiger partial charge >= 0.3 is 0 Å². The zero-order valence-electron chi connectivity index (χ0n) is 7.86. The summed E-state index contributed by atoms with van der Waals surface area (Å²) >= 11 is 40.7. The van der Waals surface area contributed by atoms with Crippen molar-refractivity contribution in [3.8, 4) is 5.75 Å². The fourth-order valence-corrected chi connectivity index (χ4v) is 2.50. The predicted molar refractivity (Wildman–Crippen MR) is 74.7 cm³/mol. The highest BCUT2D eigenvalue weighted by atomic mass is 35.6. The molecule has 1 aromatic carbocycles. The summed E-state index contributed by atoms with van der Waals surface area (Å²) in [6.07, 6.45) is 0. The molecule has 0 aliphatic heterocycles. The smallest absolute Gasteiger partial charge is 0.226 e. The van der Waals surface area contributed by atoms with Crippen LogP contribution in [0.2, 0.25) is 0 Å². The van der Waals surface area contributed by atoms with E-state index >= 15 is 0 Å². The van der Waals surface area contributed by atoms with Crippen LogP contribution in [0.25, 0.3) is 0 Å². The molecule has 0 aliphatic carbocycles. The normalized spacial score (nSPS) is 13.8. The third-order valence-corrected chi connectivity index (χ3v) is 5.90. The Morgan fingerprint density at radius 1 is 0.882 bits per heavy atom. The molecule has 0 aromatic heterocycles. The Labute approximate surface area is 133 Å². The molecule has 0 unspecified atom stereocenters. The summed E-state index contributed by atoms with van der Waals surface area (Å²) in [6.45, 7) is 0. The molecule has 0 amide bonds. The van der Waals surface area contributed by atoms with Crippen molar-refractivity contribution in [1.82, 2.24) is 0 Å². The molecule has 17 heavy (non-hydrogen) atoms. The molecule has 0 atom stereocenters. The number of benzene rings is 1. The molecule has 0 N–H and O–H groups in total. The quantitative estimate of drug-likeness (QED) is 0.564. The average molecular weight is 376 g/mol. The number of halogens is 7. The minimum atomic E-state index is -2.14. The van der Waals surface area contributed by atoms with Gasteiger partial charge in [-0.25, -0.2) is 0 Å². The summed E-state index contributed by atoms with van der Waals surface area (Å²) in [5, 5.41) is 11.2. The van der Waals surface area contributed by atoms with E-state index in [1.54, 1.807) is 0 Å². The van der Waals surface area contributed by atoms with Crippen LogP contribution in [-0.4, -0.2) is 8.13 Å². The van der Waals surface area contributed by atoms with Gasteiger partial charge in [0.25, 0.3) is 0 Å². The first-order valence-electron chi connectivity index (χ1n) is 4.10. The Morgan fingerprint density at radius 3 is 1.82 bits per heavy atom. The van der Waals surface area contributed by atoms with Crippen LogP contribution >= 0.6 is 81.2 Å². The van der Waals surface area contributed by atoms with Crippen LogP contribution in [0.3, 0.4) is 0 Å². The van der Waals surface area contributed by atoms with Crippen molar-refractivity contribution in [3.05, 3.63) is 29.8 Å². The highest BCUT2D eigenvalue weighted by Crippen LogP contribution is 2.60. The van der Waals surface area contributed by atoms with E-state index in [-0.39, 0.29) is 11.3 Å². The Morgan fingerprint density at radius 2 is 1.41 bits per heavy atom. The Balaban J connectivity index is 3.28. The first-order valence-corrected chi connectivity index (χ1v) is 6.74. The Hall–Kier alpha value is 1.05. The first kappa shape index (κ1) is 16.1. The maximum Gasteiger partial charge on any atom is 0.226 e. The SMILES string of the molecule is [O]c1cccc(C(Cl)(Cl)C(Cl)(Cl)C(Cl)(Cl)Cl)c1. The van der Waals surface area contributed by atoms with Crippen molar-refractivity contribution in [2.75, 3.05) is 0 Å². The van der Waals surface area contributed by atoms with Crippen LogP contribution < -0.4 is 0 Å². The average Bonchev–Trinajstić information content (AvgIpc) is 2.15. The highest BCUT2D eigenvalue weighted by Gasteiger charge is 2.60. The van der Waals surface area contributed by atoms with Crippen LogP contribution in [0.5, 0.6) is 5.75 Å². The van der Waals surface area contributed by atoms with Crippen molar-refractivity contribution < 1.29 is 5.11 Å². The molecule has 8 heteroatoms. The number of hydrogen-bond acceptors (Lipinski definition) is 0. The van der Waals surface area contributed by atoms with Crippen molar-refractivity contribution in [2.45, 2.75) is 12.5 Å². The van der Waals surface area contributed by atoms with E-state index in [1.807, 2.05) is 0 Å². The van der Waals surface area contributed by atoms with Gasteiger partial charge in [0.2, 0.25) is 8.13 Å². The molecular weight excluding hydrogens is 372 g/mol. The van der Waals surface area contributed by atoms with Gasteiger partial charge in [0.15, 0.2) is 10.1 Å². The second-order valence-electron chi connectivity index (χ2n) is 3.17. The molecule has 0 bridgehead atoms. The van der Waals surface area contributed by atoms with Crippen LogP contribution in [0, 0.1) is 0 Å². The standard InChI is InChI=1S/C9H4Cl7O/c10-7(11,8(12,13)9(14,15)16)5-2-1-3-6(17)4-5/h1-4H. The summed E-state index contributed by atoms with van der Waals surface area (Å²) in [5.74, 6) is -0.318. The van der Waals surface area contributed by atoms with Gasteiger partial charge in [-0.05, 0) is 17.7 Å². The van der Waals surface area contributed by atoms with Crippen LogP contribution in [0.15, 0.2) is 24.3 Å². The molecule has 1 nitrogen and oxygen atoms in total. The molecule has 1 radical (unpaired) electrons. The zero-order chi connectivity index (χ0) is 13.5. The van der Waals surface area contributed by atoms with Crippen LogP contribution in [-0.2, 0) is 9.44 Å². The molecule has 1 aromatic rings. The predicted octanol–water partition coefficient (Wildman–Crippen LogP) is 6.00. The molecule has 0 aliphatic rings. The van der Waals surface area contributed by atoms with Crippen molar-refractivity contribution in [3.63, 3.8) is 0 Å². The molecule has 0 saturated carbocycles. The van der Waals surface area contributed by atoms with E-state index < -0.39 is 12.5 Å². The summed E-state index contributed by atoms with van der Waals surface area (Å²) in [7, 11) is 0. The van der Waals surface area contributed by atoms with Crippen LogP contribution in [0.1, 0.15) is 5.56 Å². The number of hydrogen-bond donors (Lipinski definition) is 0. The Kier molecular flexibility index (Phi) is 4.93. The van der Waals surface area contributed by atoms with E-state index in [9.17, 15) is 5.11 Å². The van der Waals surface area contributed by atoms with Crippen LogP contribution in [0.4, 0.5) is 0 Å². The molecule has 0 fully saturated rings. The maximum atomic E-state index is 11.2. The van der Waals surface area contributed by atoms with Crippen molar-refractivity contribution in [1.29, 1.82) is 0 Å². The molecule has 95 valence electrons. The fraction of sp³-hybridized carbons (Fsp3) is 0.333. The highest BCUT2D eigenvalue weighted by molar-refractivity contribution is 6.78. The fourth-order valence-electron chi connectivity index (χ4n) is 1.05. The number of alkyl halides is 7. The van der Waals surface area contributed by atoms with Gasteiger partial charge < -0.3 is 0 Å².